The van der Waals surface area contributed by atoms with Crippen molar-refractivity contribution >= 4 is 17.5 Å². The van der Waals surface area contributed by atoms with Crippen LogP contribution in [0, 0.1) is 0 Å². The number of hydrogen-bond acceptors (Lipinski definition) is 6. The molecule has 0 aromatic heterocycles. The number of carbonyl (C=O) groups is 3. The summed E-state index contributed by atoms with van der Waals surface area (Å²) >= 11 is 0. The van der Waals surface area contributed by atoms with Crippen molar-refractivity contribution in [2.24, 2.45) is 0 Å². The van der Waals surface area contributed by atoms with Crippen molar-refractivity contribution < 1.29 is 24.5 Å². The Morgan fingerprint density at radius 3 is 2.11 bits per heavy atom. The molecule has 0 saturated heterocycles. The summed E-state index contributed by atoms with van der Waals surface area (Å²) in [6.45, 7) is -0.419. The first kappa shape index (κ1) is 12.4. The predicted molar refractivity (Wildman–Crippen MR) is 60.3 cm³/mol. The smallest absolute Gasteiger partial charge is 0.300 e. The van der Waals surface area contributed by atoms with Crippen molar-refractivity contribution in [3.63, 3.8) is 0 Å². The number of hydrogen-bond donors (Lipinski definition) is 1. The fraction of sp³-hybridized carbons (Fsp3) is 0.250. The van der Waals surface area contributed by atoms with Gasteiger partial charge in [-0.3, -0.25) is 19.4 Å². The predicted octanol–water partition coefficient (Wildman–Crippen LogP) is 0.384. The molecule has 1 aromatic carbocycles. The first-order chi connectivity index (χ1) is 8.61. The summed E-state index contributed by atoms with van der Waals surface area (Å²) in [5.74, 6) is -1.37. The van der Waals surface area contributed by atoms with E-state index in [1.807, 2.05) is 0 Å². The lowest BCUT2D eigenvalue weighted by Crippen LogP contribution is -2.36. The monoisotopic (exact) mass is 249 g/mol. The quantitative estimate of drug-likeness (QED) is 0.602. The van der Waals surface area contributed by atoms with Gasteiger partial charge in [0.2, 0.25) is 0 Å². The van der Waals surface area contributed by atoms with E-state index in [2.05, 4.69) is 4.89 Å². The van der Waals surface area contributed by atoms with E-state index >= 15 is 0 Å². The van der Waals surface area contributed by atoms with Crippen molar-refractivity contribution in [3.8, 4) is 0 Å². The van der Waals surface area contributed by atoms with Crippen LogP contribution in [0.4, 0.5) is 0 Å². The van der Waals surface area contributed by atoms with Gasteiger partial charge < -0.3 is 0 Å². The van der Waals surface area contributed by atoms with Gasteiger partial charge in [-0.1, -0.05) is 24.3 Å². The number of fused-ring (bicyclic) bond motifs is 1. The molecule has 1 aromatic rings. The van der Waals surface area contributed by atoms with Crippen LogP contribution < -0.4 is 0 Å². The fourth-order valence-corrected chi connectivity index (χ4v) is 1.93. The standard InChI is InChI=1S/C12H11NO5/c14-10-5-13(7-12(16)18-17)6-11(15)9-4-2-1-3-8(9)10/h1-4,17H,5-7H2. The summed E-state index contributed by atoms with van der Waals surface area (Å²) < 4.78 is 0. The molecule has 1 heterocycles. The Morgan fingerprint density at radius 1 is 1.17 bits per heavy atom. The molecule has 0 fully saturated rings. The van der Waals surface area contributed by atoms with Crippen molar-refractivity contribution in [2.75, 3.05) is 19.6 Å². The third kappa shape index (κ3) is 2.44. The second kappa shape index (κ2) is 5.07. The number of benzene rings is 1. The van der Waals surface area contributed by atoms with Crippen LogP contribution in [-0.2, 0) is 9.68 Å². The minimum Gasteiger partial charge on any atom is -0.300 e. The molecule has 1 aliphatic heterocycles. The van der Waals surface area contributed by atoms with E-state index in [0.29, 0.717) is 11.1 Å². The second-order valence-electron chi connectivity index (χ2n) is 4.00. The number of Topliss-reactive ketones (excluding diaryl/α,β-unsaturated/α-hetero) is 2. The van der Waals surface area contributed by atoms with E-state index in [-0.39, 0.29) is 31.2 Å². The fourth-order valence-electron chi connectivity index (χ4n) is 1.93. The second-order valence-corrected chi connectivity index (χ2v) is 4.00. The third-order valence-electron chi connectivity index (χ3n) is 2.72. The van der Waals surface area contributed by atoms with Crippen LogP contribution >= 0.6 is 0 Å². The maximum Gasteiger partial charge on any atom is 0.355 e. The van der Waals surface area contributed by atoms with E-state index in [1.165, 1.54) is 4.90 Å². The van der Waals surface area contributed by atoms with Gasteiger partial charge in [0, 0.05) is 11.1 Å². The topological polar surface area (TPSA) is 83.9 Å². The molecular weight excluding hydrogens is 238 g/mol. The molecule has 0 bridgehead atoms. The zero-order chi connectivity index (χ0) is 13.1. The summed E-state index contributed by atoms with van der Waals surface area (Å²) in [4.78, 5) is 39.7. The van der Waals surface area contributed by atoms with Crippen LogP contribution in [0.25, 0.3) is 0 Å². The van der Waals surface area contributed by atoms with E-state index in [4.69, 9.17) is 5.26 Å². The lowest BCUT2D eigenvalue weighted by molar-refractivity contribution is -0.234. The summed E-state index contributed by atoms with van der Waals surface area (Å²) in [6.07, 6.45) is 0. The maximum absolute atomic E-state index is 11.9. The van der Waals surface area contributed by atoms with Crippen LogP contribution in [0.3, 0.4) is 0 Å². The molecule has 6 nitrogen and oxygen atoms in total. The Kier molecular flexibility index (Phi) is 3.50. The molecule has 0 aliphatic carbocycles. The molecule has 0 radical (unpaired) electrons. The van der Waals surface area contributed by atoms with Gasteiger partial charge in [0.05, 0.1) is 13.1 Å². The summed E-state index contributed by atoms with van der Waals surface area (Å²) in [6, 6.07) is 6.54. The SMILES string of the molecule is O=C(CN1CC(=O)c2ccccc2C(=O)C1)OO. The maximum atomic E-state index is 11.9. The van der Waals surface area contributed by atoms with E-state index in [9.17, 15) is 14.4 Å². The Balaban J connectivity index is 2.25. The summed E-state index contributed by atoms with van der Waals surface area (Å²) in [5, 5.41) is 8.20. The number of rotatable bonds is 2. The Hall–Kier alpha value is -2.05. The van der Waals surface area contributed by atoms with E-state index < -0.39 is 5.97 Å². The van der Waals surface area contributed by atoms with Gasteiger partial charge in [-0.05, 0) is 0 Å². The van der Waals surface area contributed by atoms with Crippen molar-refractivity contribution in [3.05, 3.63) is 35.4 Å². The molecule has 1 N–H and O–H groups in total. The Labute approximate surface area is 103 Å². The molecule has 0 amide bonds. The molecule has 0 spiro atoms. The van der Waals surface area contributed by atoms with Crippen molar-refractivity contribution in [1.29, 1.82) is 0 Å². The minimum absolute atomic E-state index is 0.0577. The highest BCUT2D eigenvalue weighted by Gasteiger charge is 2.27. The highest BCUT2D eigenvalue weighted by atomic mass is 17.1. The Bertz CT molecular complexity index is 474. The van der Waals surface area contributed by atoms with Gasteiger partial charge in [0.15, 0.2) is 11.6 Å². The molecule has 18 heavy (non-hydrogen) atoms. The van der Waals surface area contributed by atoms with E-state index in [1.54, 1.807) is 24.3 Å². The molecule has 0 atom stereocenters. The molecule has 2 rings (SSSR count). The molecule has 0 unspecified atom stereocenters. The van der Waals surface area contributed by atoms with Gasteiger partial charge in [-0.25, -0.2) is 4.79 Å². The van der Waals surface area contributed by atoms with Gasteiger partial charge in [-0.15, -0.1) is 0 Å². The van der Waals surface area contributed by atoms with Crippen LogP contribution in [0.15, 0.2) is 24.3 Å². The molecular formula is C12H11NO5. The molecule has 6 heteroatoms. The van der Waals surface area contributed by atoms with Gasteiger partial charge >= 0.3 is 5.97 Å². The van der Waals surface area contributed by atoms with Gasteiger partial charge in [0.1, 0.15) is 6.54 Å². The average Bonchev–Trinajstić information content (AvgIpc) is 2.48. The van der Waals surface area contributed by atoms with Gasteiger partial charge in [0.25, 0.3) is 0 Å². The van der Waals surface area contributed by atoms with Crippen LogP contribution in [0.2, 0.25) is 0 Å². The lowest BCUT2D eigenvalue weighted by Gasteiger charge is -2.15. The summed E-state index contributed by atoms with van der Waals surface area (Å²) in [5.41, 5.74) is 0.727. The Morgan fingerprint density at radius 2 is 1.67 bits per heavy atom. The zero-order valence-electron chi connectivity index (χ0n) is 9.46. The van der Waals surface area contributed by atoms with Crippen molar-refractivity contribution in [1.82, 2.24) is 4.90 Å². The number of nitrogens with zero attached hydrogens (tertiary/aromatic N) is 1. The van der Waals surface area contributed by atoms with Crippen molar-refractivity contribution in [2.45, 2.75) is 0 Å². The first-order valence-corrected chi connectivity index (χ1v) is 5.34. The van der Waals surface area contributed by atoms with E-state index in [0.717, 1.165) is 0 Å². The molecule has 1 aliphatic rings. The average molecular weight is 249 g/mol. The third-order valence-corrected chi connectivity index (χ3v) is 2.72. The minimum atomic E-state index is -0.901. The highest BCUT2D eigenvalue weighted by Crippen LogP contribution is 2.15. The highest BCUT2D eigenvalue weighted by molar-refractivity contribution is 6.11. The largest absolute Gasteiger partial charge is 0.355 e. The zero-order valence-corrected chi connectivity index (χ0v) is 9.46. The normalized spacial score (nSPS) is 16.1. The van der Waals surface area contributed by atoms with Crippen LogP contribution in [0.5, 0.6) is 0 Å². The molecule has 94 valence electrons. The summed E-state index contributed by atoms with van der Waals surface area (Å²) in [7, 11) is 0. The van der Waals surface area contributed by atoms with Crippen LogP contribution in [0.1, 0.15) is 20.7 Å². The van der Waals surface area contributed by atoms with Crippen LogP contribution in [-0.4, -0.2) is 47.3 Å². The number of carbonyl (C=O) groups excluding carboxylic acids is 3. The van der Waals surface area contributed by atoms with Gasteiger partial charge in [-0.2, -0.15) is 5.26 Å². The molecule has 0 saturated carbocycles. The first-order valence-electron chi connectivity index (χ1n) is 5.34. The lowest BCUT2D eigenvalue weighted by atomic mass is 10.0. The number of ketones is 2.